The van der Waals surface area contributed by atoms with E-state index in [1.54, 1.807) is 0 Å². The number of aliphatic hydroxyl groups is 2. The average molecular weight is 481 g/mol. The van der Waals surface area contributed by atoms with Crippen LogP contribution in [0.15, 0.2) is 36.5 Å². The molecule has 5 rings (SSSR count). The lowest BCUT2D eigenvalue weighted by Crippen LogP contribution is -2.34. The fourth-order valence-electron chi connectivity index (χ4n) is 4.00. The van der Waals surface area contributed by atoms with Gasteiger partial charge in [0.15, 0.2) is 17.7 Å². The quantitative estimate of drug-likeness (QED) is 0.532. The number of rotatable bonds is 5. The van der Waals surface area contributed by atoms with E-state index >= 15 is 0 Å². The average Bonchev–Trinajstić information content (AvgIpc) is 3.35. The van der Waals surface area contributed by atoms with Gasteiger partial charge >= 0.3 is 6.72 Å². The molecule has 0 bridgehead atoms. The molecule has 4 heterocycles. The number of allylic oxidation sites excluding steroid dienone is 2. The highest BCUT2D eigenvalue weighted by Gasteiger charge is 2.45. The van der Waals surface area contributed by atoms with Crippen molar-refractivity contribution in [2.75, 3.05) is 18.9 Å². The molecule has 2 saturated heterocycles. The molecule has 0 aromatic carbocycles. The molecule has 4 N–H and O–H groups in total. The first kappa shape index (κ1) is 22.1. The fraction of sp³-hybridized carbons (Fsp3) is 0.526. The van der Waals surface area contributed by atoms with Gasteiger partial charge in [-0.2, -0.15) is 0 Å². The van der Waals surface area contributed by atoms with E-state index in [1.807, 2.05) is 0 Å². The van der Waals surface area contributed by atoms with E-state index in [-0.39, 0.29) is 18.5 Å². The maximum Gasteiger partial charge on any atom is 0.327 e. The third-order valence-corrected chi connectivity index (χ3v) is 8.04. The smallest absolute Gasteiger partial charge is 0.327 e. The van der Waals surface area contributed by atoms with Crippen LogP contribution < -0.4 is 5.73 Å². The predicted octanol–water partition coefficient (Wildman–Crippen LogP) is 1.35. The number of nitrogens with two attached hydrogens (primary N) is 1. The van der Waals surface area contributed by atoms with Gasteiger partial charge in [-0.3, -0.25) is 4.57 Å². The number of aromatic nitrogens is 4. The van der Waals surface area contributed by atoms with Crippen LogP contribution in [0.25, 0.3) is 11.2 Å². The van der Waals surface area contributed by atoms with Gasteiger partial charge in [0, 0.05) is 6.42 Å². The third kappa shape index (κ3) is 4.13. The number of nitrogens with zero attached hydrogens (tertiary/aromatic N) is 4. The van der Waals surface area contributed by atoms with E-state index in [0.29, 0.717) is 24.2 Å². The summed E-state index contributed by atoms with van der Waals surface area (Å²) in [5, 5.41) is 21.1. The largest absolute Gasteiger partial charge is 0.387 e. The topological polar surface area (TPSA) is 147 Å². The minimum absolute atomic E-state index is 0.0998. The lowest BCUT2D eigenvalue weighted by atomic mass is 10.0. The summed E-state index contributed by atoms with van der Waals surface area (Å²) in [5.74, 6) is 0.212. The summed E-state index contributed by atoms with van der Waals surface area (Å²) in [7, 11) is 0. The highest BCUT2D eigenvalue weighted by atomic mass is 32.5. The van der Waals surface area contributed by atoms with Crippen molar-refractivity contribution in [2.45, 2.75) is 49.9 Å². The first-order chi connectivity index (χ1) is 15.5. The van der Waals surface area contributed by atoms with Crippen LogP contribution in [-0.4, -0.2) is 67.4 Å². The number of hydrogen-bond acceptors (Lipinski definition) is 11. The first-order valence-electron chi connectivity index (χ1n) is 10.3. The standard InChI is InChI=1S/C19H24N5O6PS/c20-17-14-18(22-9-21-17)24(10-23-14)19-16(26)15(25)13(29-19)8-28-31(32)27-7-6-12(30-31)11-4-2-1-3-5-11/h2,4-5,9-10,12-13,15-16,19,25-26H,1,3,6-8H2,(H2,20,21,22)/t12-,13-,15+,16+,19-,31?/m1/s1. The lowest BCUT2D eigenvalue weighted by Gasteiger charge is -2.33. The normalized spacial score (nSPS) is 35.3. The molecule has 1 aliphatic carbocycles. The number of imidazole rings is 1. The maximum absolute atomic E-state index is 10.6. The summed E-state index contributed by atoms with van der Waals surface area (Å²) in [6.45, 7) is -2.71. The summed E-state index contributed by atoms with van der Waals surface area (Å²) in [4.78, 5) is 12.2. The van der Waals surface area contributed by atoms with Gasteiger partial charge in [0.1, 0.15) is 30.2 Å². The van der Waals surface area contributed by atoms with Gasteiger partial charge in [0.05, 0.1) is 25.6 Å². The van der Waals surface area contributed by atoms with Crippen molar-refractivity contribution in [1.29, 1.82) is 0 Å². The number of anilines is 1. The van der Waals surface area contributed by atoms with E-state index in [0.717, 1.165) is 18.4 Å². The van der Waals surface area contributed by atoms with E-state index < -0.39 is 31.3 Å². The second kappa shape index (κ2) is 8.88. The minimum atomic E-state index is -3.03. The Bertz CT molecular complexity index is 1110. The van der Waals surface area contributed by atoms with Gasteiger partial charge in [-0.25, -0.2) is 15.0 Å². The minimum Gasteiger partial charge on any atom is -0.387 e. The van der Waals surface area contributed by atoms with Crippen molar-refractivity contribution >= 4 is 35.5 Å². The number of aliphatic hydroxyl groups excluding tert-OH is 2. The lowest BCUT2D eigenvalue weighted by molar-refractivity contribution is -0.0524. The number of fused-ring (bicyclic) bond motifs is 1. The maximum atomic E-state index is 10.6. The SMILES string of the molecule is Nc1ncnc2c1ncn2[C@@H]1O[C@H](COP2(=S)OCC[C@H](C3=CCCC=C3)O2)[C@H](O)[C@@H]1O. The van der Waals surface area contributed by atoms with Crippen LogP contribution in [0.2, 0.25) is 0 Å². The molecule has 2 aliphatic heterocycles. The van der Waals surface area contributed by atoms with Crippen LogP contribution in [0.3, 0.4) is 0 Å². The molecule has 13 heteroatoms. The van der Waals surface area contributed by atoms with Gasteiger partial charge in [0.25, 0.3) is 0 Å². The third-order valence-electron chi connectivity index (χ3n) is 5.68. The van der Waals surface area contributed by atoms with Crippen molar-refractivity contribution in [3.8, 4) is 0 Å². The molecule has 0 saturated carbocycles. The molecule has 0 amide bonds. The molecule has 3 aliphatic rings. The molecule has 172 valence electrons. The summed E-state index contributed by atoms with van der Waals surface area (Å²) < 4.78 is 24.9. The monoisotopic (exact) mass is 481 g/mol. The van der Waals surface area contributed by atoms with Gasteiger partial charge in [0.2, 0.25) is 0 Å². The van der Waals surface area contributed by atoms with Gasteiger partial charge in [-0.05, 0) is 30.2 Å². The molecule has 11 nitrogen and oxygen atoms in total. The van der Waals surface area contributed by atoms with Crippen LogP contribution in [0, 0.1) is 0 Å². The zero-order chi connectivity index (χ0) is 22.3. The van der Waals surface area contributed by atoms with Crippen molar-refractivity contribution in [3.05, 3.63) is 36.5 Å². The number of nitrogen functional groups attached to an aromatic ring is 1. The molecule has 2 aromatic heterocycles. The van der Waals surface area contributed by atoms with E-state index in [2.05, 4.69) is 33.2 Å². The Labute approximate surface area is 189 Å². The molecular weight excluding hydrogens is 457 g/mol. The second-order valence-corrected chi connectivity index (χ2v) is 10.7. The van der Waals surface area contributed by atoms with Crippen LogP contribution >= 0.6 is 6.72 Å². The Morgan fingerprint density at radius 2 is 2.12 bits per heavy atom. The van der Waals surface area contributed by atoms with Crippen molar-refractivity contribution in [1.82, 2.24) is 19.5 Å². The molecule has 0 spiro atoms. The van der Waals surface area contributed by atoms with Crippen LogP contribution in [0.1, 0.15) is 25.5 Å². The molecule has 1 unspecified atom stereocenters. The van der Waals surface area contributed by atoms with Crippen molar-refractivity contribution < 1.29 is 28.5 Å². The predicted molar refractivity (Wildman–Crippen MR) is 118 cm³/mol. The molecule has 32 heavy (non-hydrogen) atoms. The van der Waals surface area contributed by atoms with Crippen LogP contribution in [0.5, 0.6) is 0 Å². The summed E-state index contributed by atoms with van der Waals surface area (Å²) in [6, 6.07) is 0. The fourth-order valence-corrected chi connectivity index (χ4v) is 6.11. The van der Waals surface area contributed by atoms with Crippen molar-refractivity contribution in [2.24, 2.45) is 0 Å². The molecule has 0 radical (unpaired) electrons. The van der Waals surface area contributed by atoms with Gasteiger partial charge in [-0.15, -0.1) is 0 Å². The number of hydrogen-bond donors (Lipinski definition) is 3. The van der Waals surface area contributed by atoms with Gasteiger partial charge < -0.3 is 34.3 Å². The highest BCUT2D eigenvalue weighted by Crippen LogP contribution is 2.55. The van der Waals surface area contributed by atoms with E-state index in [9.17, 15) is 10.2 Å². The summed E-state index contributed by atoms with van der Waals surface area (Å²) in [6.07, 6.45) is 7.29. The number of ether oxygens (including phenoxy) is 1. The first-order valence-corrected chi connectivity index (χ1v) is 12.9. The second-order valence-electron chi connectivity index (χ2n) is 7.77. The Morgan fingerprint density at radius 3 is 2.94 bits per heavy atom. The Morgan fingerprint density at radius 1 is 1.25 bits per heavy atom. The highest BCUT2D eigenvalue weighted by molar-refractivity contribution is 8.07. The Balaban J connectivity index is 1.27. The van der Waals surface area contributed by atoms with E-state index in [1.165, 1.54) is 17.2 Å². The Hall–Kier alpha value is -1.76. The zero-order valence-corrected chi connectivity index (χ0v) is 18.8. The van der Waals surface area contributed by atoms with Gasteiger partial charge in [-0.1, -0.05) is 18.2 Å². The molecule has 2 aromatic rings. The molecule has 2 fully saturated rings. The zero-order valence-electron chi connectivity index (χ0n) is 17.1. The summed E-state index contributed by atoms with van der Waals surface area (Å²) in [5.41, 5.74) is 7.68. The molecule has 6 atom stereocenters. The van der Waals surface area contributed by atoms with E-state index in [4.69, 9.17) is 35.8 Å². The molecular formula is C19H24N5O6PS. The van der Waals surface area contributed by atoms with Crippen LogP contribution in [-0.2, 0) is 30.1 Å². The van der Waals surface area contributed by atoms with Crippen LogP contribution in [0.4, 0.5) is 5.82 Å². The Kier molecular flexibility index (Phi) is 6.12. The summed E-state index contributed by atoms with van der Waals surface area (Å²) >= 11 is 5.54. The van der Waals surface area contributed by atoms with Crippen molar-refractivity contribution in [3.63, 3.8) is 0 Å².